The van der Waals surface area contributed by atoms with E-state index in [1.807, 2.05) is 23.8 Å². The standard InChI is InChI=1S/C26H22ClN5O5S/c1-13-7-18(15(3)30-20-5-6-21(27)31-22(20)26(34)32-38(4,35)36)25-19(8-13)23(33)14(2)24(37-25)17-9-16(10-28)11-29-12-17/h5-9,11-12,15,30H,1-4H3,(H,32,34). The summed E-state index contributed by atoms with van der Waals surface area (Å²) in [5, 5.41) is 12.8. The molecule has 10 nitrogen and oxygen atoms in total. The van der Waals surface area contributed by atoms with Gasteiger partial charge in [-0.2, -0.15) is 5.26 Å². The summed E-state index contributed by atoms with van der Waals surface area (Å²) < 4.78 is 31.4. The van der Waals surface area contributed by atoms with Gasteiger partial charge in [0.15, 0.2) is 11.1 Å². The SMILES string of the molecule is Cc1cc(C(C)Nc2ccc(Cl)nc2C(=O)NS(C)(=O)=O)c2oc(-c3cncc(C#N)c3)c(C)c(=O)c2c1. The number of benzene rings is 1. The molecular weight excluding hydrogens is 530 g/mol. The maximum absolute atomic E-state index is 13.4. The van der Waals surface area contributed by atoms with E-state index in [1.165, 1.54) is 24.5 Å². The molecule has 0 aliphatic rings. The number of nitrogens with one attached hydrogen (secondary N) is 2. The van der Waals surface area contributed by atoms with E-state index in [4.69, 9.17) is 16.0 Å². The number of carbonyl (C=O) groups excluding carboxylic acids is 1. The number of anilines is 1. The zero-order valence-electron chi connectivity index (χ0n) is 20.8. The van der Waals surface area contributed by atoms with Gasteiger partial charge < -0.3 is 9.73 Å². The summed E-state index contributed by atoms with van der Waals surface area (Å²) in [7, 11) is -3.85. The van der Waals surface area contributed by atoms with Gasteiger partial charge >= 0.3 is 0 Å². The first kappa shape index (κ1) is 26.8. The molecule has 0 spiro atoms. The van der Waals surface area contributed by atoms with E-state index < -0.39 is 22.0 Å². The average molecular weight is 552 g/mol. The van der Waals surface area contributed by atoms with Crippen LogP contribution < -0.4 is 15.5 Å². The van der Waals surface area contributed by atoms with Gasteiger partial charge in [-0.05, 0) is 50.6 Å². The molecule has 0 aliphatic heterocycles. The average Bonchev–Trinajstić information content (AvgIpc) is 2.86. The second-order valence-corrected chi connectivity index (χ2v) is 10.9. The lowest BCUT2D eigenvalue weighted by molar-refractivity contribution is 0.0977. The predicted octanol–water partition coefficient (Wildman–Crippen LogP) is 4.25. The van der Waals surface area contributed by atoms with Gasteiger partial charge in [0.2, 0.25) is 10.0 Å². The number of aromatic nitrogens is 2. The van der Waals surface area contributed by atoms with Gasteiger partial charge in [-0.1, -0.05) is 17.7 Å². The maximum Gasteiger partial charge on any atom is 0.285 e. The van der Waals surface area contributed by atoms with Crippen molar-refractivity contribution in [1.82, 2.24) is 14.7 Å². The minimum Gasteiger partial charge on any atom is -0.455 e. The monoisotopic (exact) mass is 551 g/mol. The van der Waals surface area contributed by atoms with Crippen molar-refractivity contribution in [2.75, 3.05) is 11.6 Å². The summed E-state index contributed by atoms with van der Waals surface area (Å²) >= 11 is 5.97. The third kappa shape index (κ3) is 5.51. The van der Waals surface area contributed by atoms with Crippen LogP contribution in [0.3, 0.4) is 0 Å². The van der Waals surface area contributed by atoms with Crippen molar-refractivity contribution in [1.29, 1.82) is 5.26 Å². The van der Waals surface area contributed by atoms with E-state index in [0.717, 1.165) is 11.8 Å². The highest BCUT2D eigenvalue weighted by atomic mass is 35.5. The number of nitrogens with zero attached hydrogens (tertiary/aromatic N) is 3. The summed E-state index contributed by atoms with van der Waals surface area (Å²) in [6, 6.07) is 9.61. The number of carbonyl (C=O) groups is 1. The van der Waals surface area contributed by atoms with Crippen LogP contribution in [0.25, 0.3) is 22.3 Å². The minimum absolute atomic E-state index is 0.00202. The summed E-state index contributed by atoms with van der Waals surface area (Å²) in [5.41, 5.74) is 2.66. The number of aryl methyl sites for hydroxylation is 1. The van der Waals surface area contributed by atoms with Crippen molar-refractivity contribution in [3.63, 3.8) is 0 Å². The number of halogens is 1. The number of fused-ring (bicyclic) bond motifs is 1. The fourth-order valence-corrected chi connectivity index (χ4v) is 4.62. The molecule has 194 valence electrons. The molecule has 3 heterocycles. The van der Waals surface area contributed by atoms with Crippen LogP contribution in [0.15, 0.2) is 51.9 Å². The Bertz CT molecular complexity index is 1810. The molecule has 0 bridgehead atoms. The molecule has 1 unspecified atom stereocenters. The van der Waals surface area contributed by atoms with Crippen LogP contribution in [0.1, 0.15) is 45.7 Å². The lowest BCUT2D eigenvalue weighted by Crippen LogP contribution is -2.31. The van der Waals surface area contributed by atoms with Crippen LogP contribution in [-0.2, 0) is 10.0 Å². The molecule has 4 rings (SSSR count). The quantitative estimate of drug-likeness (QED) is 0.334. The molecule has 1 amide bonds. The van der Waals surface area contributed by atoms with Crippen LogP contribution in [0.5, 0.6) is 0 Å². The van der Waals surface area contributed by atoms with Crippen LogP contribution in [0.2, 0.25) is 5.15 Å². The Labute approximate surface area is 223 Å². The molecule has 0 saturated carbocycles. The van der Waals surface area contributed by atoms with Crippen molar-refractivity contribution >= 4 is 44.2 Å². The van der Waals surface area contributed by atoms with Gasteiger partial charge in [0.05, 0.1) is 28.9 Å². The first-order valence-corrected chi connectivity index (χ1v) is 13.5. The highest BCUT2D eigenvalue weighted by Crippen LogP contribution is 2.32. The maximum atomic E-state index is 13.4. The largest absolute Gasteiger partial charge is 0.455 e. The minimum atomic E-state index is -3.85. The van der Waals surface area contributed by atoms with Crippen LogP contribution >= 0.6 is 11.6 Å². The fourth-order valence-electron chi connectivity index (χ4n) is 4.04. The lowest BCUT2D eigenvalue weighted by atomic mass is 9.99. The van der Waals surface area contributed by atoms with Gasteiger partial charge in [-0.3, -0.25) is 14.6 Å². The van der Waals surface area contributed by atoms with Gasteiger partial charge in [0, 0.05) is 29.1 Å². The molecule has 0 radical (unpaired) electrons. The topological polar surface area (TPSA) is 155 Å². The van der Waals surface area contributed by atoms with Crippen molar-refractivity contribution in [3.05, 3.63) is 86.0 Å². The molecule has 1 atom stereocenters. The van der Waals surface area contributed by atoms with Gasteiger partial charge in [0.1, 0.15) is 22.6 Å². The van der Waals surface area contributed by atoms with Crippen molar-refractivity contribution < 1.29 is 17.6 Å². The van der Waals surface area contributed by atoms with Crippen molar-refractivity contribution in [2.45, 2.75) is 26.8 Å². The number of nitriles is 1. The highest BCUT2D eigenvalue weighted by molar-refractivity contribution is 7.89. The zero-order valence-corrected chi connectivity index (χ0v) is 22.4. The van der Waals surface area contributed by atoms with E-state index >= 15 is 0 Å². The first-order chi connectivity index (χ1) is 17.9. The predicted molar refractivity (Wildman–Crippen MR) is 143 cm³/mol. The zero-order chi connectivity index (χ0) is 27.8. The second kappa shape index (κ2) is 10.2. The number of pyridine rings is 2. The summed E-state index contributed by atoms with van der Waals surface area (Å²) in [5.74, 6) is -0.668. The van der Waals surface area contributed by atoms with E-state index in [2.05, 4.69) is 15.3 Å². The van der Waals surface area contributed by atoms with Crippen LogP contribution in [-0.4, -0.2) is 30.5 Å². The number of amides is 1. The molecule has 0 saturated heterocycles. The third-order valence-electron chi connectivity index (χ3n) is 5.71. The second-order valence-electron chi connectivity index (χ2n) is 8.79. The Morgan fingerprint density at radius 3 is 2.61 bits per heavy atom. The highest BCUT2D eigenvalue weighted by Gasteiger charge is 2.22. The van der Waals surface area contributed by atoms with Crippen LogP contribution in [0, 0.1) is 25.2 Å². The molecule has 2 N–H and O–H groups in total. The van der Waals surface area contributed by atoms with Gasteiger partial charge in [-0.25, -0.2) is 18.1 Å². The molecule has 0 fully saturated rings. The summed E-state index contributed by atoms with van der Waals surface area (Å²) in [4.78, 5) is 34.1. The Balaban J connectivity index is 1.85. The number of hydrogen-bond acceptors (Lipinski definition) is 9. The molecule has 0 aliphatic carbocycles. The molecule has 12 heteroatoms. The number of hydrogen-bond donors (Lipinski definition) is 2. The van der Waals surface area contributed by atoms with E-state index in [9.17, 15) is 23.3 Å². The van der Waals surface area contributed by atoms with E-state index in [0.29, 0.717) is 33.2 Å². The smallest absolute Gasteiger partial charge is 0.285 e. The summed E-state index contributed by atoms with van der Waals surface area (Å²) in [6.07, 6.45) is 3.78. The normalized spacial score (nSPS) is 12.1. The Kier molecular flexibility index (Phi) is 7.22. The van der Waals surface area contributed by atoms with Crippen molar-refractivity contribution in [2.24, 2.45) is 0 Å². The Morgan fingerprint density at radius 1 is 1.18 bits per heavy atom. The molecular formula is C26H22ClN5O5S. The molecule has 1 aromatic carbocycles. The Morgan fingerprint density at radius 2 is 1.92 bits per heavy atom. The van der Waals surface area contributed by atoms with Gasteiger partial charge in [-0.15, -0.1) is 0 Å². The fraction of sp³-hybridized carbons (Fsp3) is 0.192. The van der Waals surface area contributed by atoms with Gasteiger partial charge in [0.25, 0.3) is 5.91 Å². The van der Waals surface area contributed by atoms with Crippen molar-refractivity contribution in [3.8, 4) is 17.4 Å². The number of sulfonamides is 1. The lowest BCUT2D eigenvalue weighted by Gasteiger charge is -2.20. The van der Waals surface area contributed by atoms with E-state index in [-0.39, 0.29) is 27.7 Å². The molecule has 3 aromatic heterocycles. The van der Waals surface area contributed by atoms with E-state index in [1.54, 1.807) is 26.0 Å². The number of rotatable bonds is 6. The molecule has 4 aromatic rings. The van der Waals surface area contributed by atoms with Crippen LogP contribution in [0.4, 0.5) is 5.69 Å². The summed E-state index contributed by atoms with van der Waals surface area (Å²) in [6.45, 7) is 5.28. The molecule has 38 heavy (non-hydrogen) atoms. The Hall–Kier alpha value is -4.27. The third-order valence-corrected chi connectivity index (χ3v) is 6.48. The first-order valence-electron chi connectivity index (χ1n) is 11.3.